The van der Waals surface area contributed by atoms with Crippen LogP contribution >= 0.6 is 0 Å². The van der Waals surface area contributed by atoms with Crippen molar-refractivity contribution in [1.82, 2.24) is 9.97 Å². The van der Waals surface area contributed by atoms with E-state index in [0.29, 0.717) is 12.2 Å². The van der Waals surface area contributed by atoms with Crippen LogP contribution in [-0.4, -0.2) is 9.97 Å². The first-order valence-corrected chi connectivity index (χ1v) is 6.68. The van der Waals surface area contributed by atoms with Crippen molar-refractivity contribution in [2.45, 2.75) is 41.0 Å². The van der Waals surface area contributed by atoms with Gasteiger partial charge in [0.25, 0.3) is 0 Å². The van der Waals surface area contributed by atoms with Crippen molar-refractivity contribution in [3.05, 3.63) is 45.1 Å². The zero-order chi connectivity index (χ0) is 15.0. The molecular formula is C16H21N4Y-. The van der Waals surface area contributed by atoms with E-state index < -0.39 is 0 Å². The Kier molecular flexibility index (Phi) is 5.88. The van der Waals surface area contributed by atoms with E-state index in [4.69, 9.17) is 11.5 Å². The predicted octanol–water partition coefficient (Wildman–Crippen LogP) is 2.57. The molecule has 0 amide bonds. The molecule has 0 aliphatic carbocycles. The smallest absolute Gasteiger partial charge is 0.105 e. The standard InChI is InChI=1S/C16H21N4.Y/c1-8-9(2)11(4)14(12(5)10(8)3)6-13-7-19-16(18)20-15(13)17;/h6H2,1-5H3,(H4,17,18,19,20);/q-1;. The number of rotatable bonds is 2. The first-order valence-electron chi connectivity index (χ1n) is 6.68. The summed E-state index contributed by atoms with van der Waals surface area (Å²) in [6.45, 7) is 10.8. The fraction of sp³-hybridized carbons (Fsp3) is 0.375. The molecular weight excluding hydrogens is 337 g/mol. The zero-order valence-corrected chi connectivity index (χ0v) is 16.2. The third-order valence-electron chi connectivity index (χ3n) is 4.36. The van der Waals surface area contributed by atoms with E-state index in [9.17, 15) is 0 Å². The Labute approximate surface area is 151 Å². The largest absolute Gasteiger partial charge is 0.435 e. The Balaban J connectivity index is 0.00000220. The quantitative estimate of drug-likeness (QED) is 0.809. The Morgan fingerprint density at radius 3 is 1.81 bits per heavy atom. The van der Waals surface area contributed by atoms with Crippen LogP contribution in [0.5, 0.6) is 0 Å². The number of anilines is 2. The Morgan fingerprint density at radius 2 is 1.33 bits per heavy atom. The van der Waals surface area contributed by atoms with Crippen LogP contribution in [0.3, 0.4) is 0 Å². The van der Waals surface area contributed by atoms with E-state index in [1.54, 1.807) is 0 Å². The summed E-state index contributed by atoms with van der Waals surface area (Å²) >= 11 is 0. The van der Waals surface area contributed by atoms with E-state index in [1.165, 1.54) is 33.4 Å². The van der Waals surface area contributed by atoms with Gasteiger partial charge in [0.15, 0.2) is 0 Å². The minimum absolute atomic E-state index is 0. The van der Waals surface area contributed by atoms with Gasteiger partial charge in [-0.3, -0.25) is 0 Å². The van der Waals surface area contributed by atoms with E-state index in [-0.39, 0.29) is 38.7 Å². The number of nitrogens with two attached hydrogens (primary N) is 2. The van der Waals surface area contributed by atoms with Crippen LogP contribution in [0, 0.1) is 40.8 Å². The van der Waals surface area contributed by atoms with Gasteiger partial charge in [0.05, 0.1) is 0 Å². The van der Waals surface area contributed by atoms with Crippen LogP contribution in [0.4, 0.5) is 11.8 Å². The van der Waals surface area contributed by atoms with Gasteiger partial charge >= 0.3 is 0 Å². The second kappa shape index (κ2) is 6.84. The molecule has 0 saturated carbocycles. The van der Waals surface area contributed by atoms with Gasteiger partial charge in [0, 0.05) is 38.5 Å². The number of nitrogens with zero attached hydrogens (tertiary/aromatic N) is 2. The van der Waals surface area contributed by atoms with Gasteiger partial charge in [-0.2, -0.15) is 0 Å². The maximum atomic E-state index is 5.91. The van der Waals surface area contributed by atoms with Gasteiger partial charge in [-0.25, -0.2) is 0 Å². The average molecular weight is 358 g/mol. The van der Waals surface area contributed by atoms with Crippen molar-refractivity contribution in [2.75, 3.05) is 11.5 Å². The first-order chi connectivity index (χ1) is 9.32. The fourth-order valence-corrected chi connectivity index (χ4v) is 2.55. The Hall–Kier alpha value is -0.996. The van der Waals surface area contributed by atoms with Gasteiger partial charge in [-0.15, -0.1) is 0 Å². The molecule has 1 aromatic heterocycles. The van der Waals surface area contributed by atoms with Gasteiger partial charge in [-0.1, -0.05) is 11.8 Å². The minimum Gasteiger partial charge on any atom is -0.435 e. The molecule has 1 radical (unpaired) electrons. The monoisotopic (exact) mass is 358 g/mol. The van der Waals surface area contributed by atoms with Crippen LogP contribution in [0.1, 0.15) is 38.9 Å². The van der Waals surface area contributed by atoms with Crippen LogP contribution in [0.15, 0.2) is 0 Å². The molecule has 1 heterocycles. The second-order valence-corrected chi connectivity index (χ2v) is 5.34. The van der Waals surface area contributed by atoms with Crippen LogP contribution < -0.4 is 11.5 Å². The summed E-state index contributed by atoms with van der Waals surface area (Å²) in [5.74, 6) is 0.572. The van der Waals surface area contributed by atoms with Crippen molar-refractivity contribution < 1.29 is 32.7 Å². The summed E-state index contributed by atoms with van der Waals surface area (Å²) in [4.78, 5) is 7.92. The molecule has 0 atom stereocenters. The molecule has 0 fully saturated rings. The maximum Gasteiger partial charge on any atom is 0.105 e. The number of aromatic nitrogens is 2. The summed E-state index contributed by atoms with van der Waals surface area (Å²) in [6.07, 6.45) is 3.59. The zero-order valence-electron chi connectivity index (χ0n) is 13.3. The Bertz CT molecular complexity index is 651. The van der Waals surface area contributed by atoms with Crippen molar-refractivity contribution in [3.8, 4) is 0 Å². The molecule has 0 aliphatic rings. The number of benzene rings is 1. The van der Waals surface area contributed by atoms with Gasteiger partial charge in [0.2, 0.25) is 0 Å². The van der Waals surface area contributed by atoms with E-state index in [2.05, 4.69) is 50.8 Å². The molecule has 5 heteroatoms. The molecule has 109 valence electrons. The van der Waals surface area contributed by atoms with Gasteiger partial charge < -0.3 is 21.4 Å². The van der Waals surface area contributed by atoms with Crippen LogP contribution in [0.2, 0.25) is 0 Å². The third-order valence-corrected chi connectivity index (χ3v) is 4.36. The molecule has 1 aromatic carbocycles. The predicted molar refractivity (Wildman–Crippen MR) is 82.6 cm³/mol. The van der Waals surface area contributed by atoms with E-state index >= 15 is 0 Å². The molecule has 4 N–H and O–H groups in total. The normalized spacial score (nSPS) is 10.3. The molecule has 0 spiro atoms. The summed E-state index contributed by atoms with van der Waals surface area (Å²) in [7, 11) is 0. The van der Waals surface area contributed by atoms with Crippen LogP contribution in [-0.2, 0) is 39.1 Å². The molecule has 0 aliphatic heterocycles. The van der Waals surface area contributed by atoms with Gasteiger partial charge in [0.1, 0.15) is 5.95 Å². The van der Waals surface area contributed by atoms with Crippen LogP contribution in [0.25, 0.3) is 0 Å². The molecule has 0 bridgehead atoms. The molecule has 2 rings (SSSR count). The topological polar surface area (TPSA) is 77.8 Å². The van der Waals surface area contributed by atoms with Gasteiger partial charge in [-0.05, 0) is 74.4 Å². The second-order valence-electron chi connectivity index (χ2n) is 5.34. The molecule has 21 heavy (non-hydrogen) atoms. The molecule has 0 unspecified atom stereocenters. The summed E-state index contributed by atoms with van der Waals surface area (Å²) < 4.78 is 0. The SMILES string of the molecule is Cc1c(C)c(C)c(Cc2[c-]nc(N)nc2N)c(C)c1C.[Y]. The average Bonchev–Trinajstić information content (AvgIpc) is 2.41. The molecule has 2 aromatic rings. The van der Waals surface area contributed by atoms with Crippen molar-refractivity contribution >= 4 is 11.8 Å². The Morgan fingerprint density at radius 1 is 0.857 bits per heavy atom. The van der Waals surface area contributed by atoms with Crippen molar-refractivity contribution in [1.29, 1.82) is 0 Å². The fourth-order valence-electron chi connectivity index (χ4n) is 2.55. The first kappa shape index (κ1) is 18.1. The number of nitrogen functional groups attached to an aromatic ring is 2. The summed E-state index contributed by atoms with van der Waals surface area (Å²) in [5.41, 5.74) is 20.1. The van der Waals surface area contributed by atoms with Crippen molar-refractivity contribution in [2.24, 2.45) is 0 Å². The number of hydrogen-bond acceptors (Lipinski definition) is 4. The van der Waals surface area contributed by atoms with Crippen molar-refractivity contribution in [3.63, 3.8) is 0 Å². The number of hydrogen-bond donors (Lipinski definition) is 2. The molecule has 4 nitrogen and oxygen atoms in total. The van der Waals surface area contributed by atoms with E-state index in [1.807, 2.05) is 0 Å². The maximum absolute atomic E-state index is 5.91. The molecule has 0 saturated heterocycles. The van der Waals surface area contributed by atoms with E-state index in [0.717, 1.165) is 5.56 Å². The summed E-state index contributed by atoms with van der Waals surface area (Å²) in [6, 6.07) is 0. The summed E-state index contributed by atoms with van der Waals surface area (Å²) in [5, 5.41) is 0. The minimum atomic E-state index is 0. The third kappa shape index (κ3) is 3.43.